The lowest BCUT2D eigenvalue weighted by atomic mass is 10.1. The molecule has 0 unspecified atom stereocenters. The van der Waals surface area contributed by atoms with Crippen LogP contribution in [0, 0.1) is 11.3 Å². The van der Waals surface area contributed by atoms with Crippen molar-refractivity contribution in [2.45, 2.75) is 0 Å². The van der Waals surface area contributed by atoms with Crippen molar-refractivity contribution in [2.24, 2.45) is 0 Å². The van der Waals surface area contributed by atoms with Crippen LogP contribution in [0.3, 0.4) is 0 Å². The summed E-state index contributed by atoms with van der Waals surface area (Å²) >= 11 is 0. The van der Waals surface area contributed by atoms with Crippen molar-refractivity contribution in [3.63, 3.8) is 0 Å². The minimum Gasteiger partial charge on any atom is -0.477 e. The predicted octanol–water partition coefficient (Wildman–Crippen LogP) is 1.80. The number of aromatic carboxylic acids is 1. The Labute approximate surface area is 85.4 Å². The van der Waals surface area contributed by atoms with Crippen LogP contribution in [0.5, 0.6) is 0 Å². The smallest absolute Gasteiger partial charge is 0.354 e. The highest BCUT2D eigenvalue weighted by Gasteiger charge is 2.05. The van der Waals surface area contributed by atoms with E-state index in [9.17, 15) is 4.79 Å². The number of rotatable bonds is 1. The second-order valence-electron chi connectivity index (χ2n) is 3.02. The van der Waals surface area contributed by atoms with Crippen molar-refractivity contribution < 1.29 is 9.90 Å². The number of fused-ring (bicyclic) bond motifs is 1. The number of hydrogen-bond acceptors (Lipinski definition) is 3. The molecular formula is C11H6N2O2. The molecule has 0 atom stereocenters. The zero-order chi connectivity index (χ0) is 10.8. The molecule has 0 bridgehead atoms. The van der Waals surface area contributed by atoms with Gasteiger partial charge in [-0.3, -0.25) is 0 Å². The Morgan fingerprint density at radius 2 is 2.13 bits per heavy atom. The first-order valence-electron chi connectivity index (χ1n) is 4.25. The fourth-order valence-electron chi connectivity index (χ4n) is 1.31. The molecule has 0 aliphatic heterocycles. The van der Waals surface area contributed by atoms with E-state index in [0.717, 1.165) is 5.39 Å². The molecule has 0 saturated heterocycles. The minimum absolute atomic E-state index is 0.00667. The Morgan fingerprint density at radius 3 is 2.80 bits per heavy atom. The third-order valence-electron chi connectivity index (χ3n) is 2.04. The molecule has 15 heavy (non-hydrogen) atoms. The number of nitrogens with zero attached hydrogens (tertiary/aromatic N) is 2. The molecule has 1 aromatic carbocycles. The molecule has 0 fully saturated rings. The van der Waals surface area contributed by atoms with E-state index in [1.807, 2.05) is 6.07 Å². The van der Waals surface area contributed by atoms with Crippen molar-refractivity contribution in [3.8, 4) is 6.07 Å². The van der Waals surface area contributed by atoms with E-state index < -0.39 is 5.97 Å². The van der Waals surface area contributed by atoms with Crippen LogP contribution < -0.4 is 0 Å². The Bertz CT molecular complexity index is 585. The SMILES string of the molecule is N#Cc1ccc2nc(C(=O)O)ccc2c1. The molecule has 0 aliphatic rings. The molecule has 1 heterocycles. The molecule has 0 radical (unpaired) electrons. The molecule has 4 heteroatoms. The quantitative estimate of drug-likeness (QED) is 0.758. The van der Waals surface area contributed by atoms with Crippen molar-refractivity contribution in [3.05, 3.63) is 41.6 Å². The summed E-state index contributed by atoms with van der Waals surface area (Å²) in [5.41, 5.74) is 1.12. The summed E-state index contributed by atoms with van der Waals surface area (Å²) in [5, 5.41) is 18.2. The number of carboxylic acids is 1. The highest BCUT2D eigenvalue weighted by Crippen LogP contribution is 2.14. The third-order valence-corrected chi connectivity index (χ3v) is 2.04. The van der Waals surface area contributed by atoms with Crippen LogP contribution in [0.15, 0.2) is 30.3 Å². The number of carbonyl (C=O) groups is 1. The monoisotopic (exact) mass is 198 g/mol. The molecule has 2 rings (SSSR count). The first kappa shape index (κ1) is 9.16. The number of hydrogen-bond donors (Lipinski definition) is 1. The molecule has 0 aliphatic carbocycles. The van der Waals surface area contributed by atoms with Gasteiger partial charge in [0, 0.05) is 5.39 Å². The first-order valence-corrected chi connectivity index (χ1v) is 4.25. The zero-order valence-corrected chi connectivity index (χ0v) is 7.64. The number of carboxylic acid groups (broad SMARTS) is 1. The van der Waals surface area contributed by atoms with E-state index in [-0.39, 0.29) is 5.69 Å². The van der Waals surface area contributed by atoms with E-state index in [4.69, 9.17) is 10.4 Å². The fraction of sp³-hybridized carbons (Fsp3) is 0. The number of benzene rings is 1. The van der Waals surface area contributed by atoms with Gasteiger partial charge in [-0.25, -0.2) is 9.78 Å². The number of nitriles is 1. The Hall–Kier alpha value is -2.41. The van der Waals surface area contributed by atoms with Crippen molar-refractivity contribution in [1.82, 2.24) is 4.98 Å². The summed E-state index contributed by atoms with van der Waals surface area (Å²) in [6.45, 7) is 0. The lowest BCUT2D eigenvalue weighted by Crippen LogP contribution is -1.99. The third kappa shape index (κ3) is 1.63. The van der Waals surface area contributed by atoms with Gasteiger partial charge in [-0.1, -0.05) is 6.07 Å². The molecule has 4 nitrogen and oxygen atoms in total. The molecule has 0 amide bonds. The fourth-order valence-corrected chi connectivity index (χ4v) is 1.31. The van der Waals surface area contributed by atoms with E-state index in [1.54, 1.807) is 24.3 Å². The maximum Gasteiger partial charge on any atom is 0.354 e. The van der Waals surface area contributed by atoms with Gasteiger partial charge in [0.1, 0.15) is 5.69 Å². The highest BCUT2D eigenvalue weighted by atomic mass is 16.4. The van der Waals surface area contributed by atoms with Crippen molar-refractivity contribution >= 4 is 16.9 Å². The second kappa shape index (κ2) is 3.39. The van der Waals surface area contributed by atoms with Crippen LogP contribution in [0.2, 0.25) is 0 Å². The van der Waals surface area contributed by atoms with Crippen LogP contribution in [0.4, 0.5) is 0 Å². The van der Waals surface area contributed by atoms with Crippen molar-refractivity contribution in [2.75, 3.05) is 0 Å². The Balaban J connectivity index is 2.66. The van der Waals surface area contributed by atoms with Crippen LogP contribution in [0.25, 0.3) is 10.9 Å². The molecule has 2 aromatic rings. The van der Waals surface area contributed by atoms with E-state index in [2.05, 4.69) is 4.98 Å². The Morgan fingerprint density at radius 1 is 1.33 bits per heavy atom. The molecular weight excluding hydrogens is 192 g/mol. The molecule has 1 aromatic heterocycles. The molecule has 72 valence electrons. The normalized spacial score (nSPS) is 9.80. The van der Waals surface area contributed by atoms with Gasteiger partial charge < -0.3 is 5.11 Å². The van der Waals surface area contributed by atoms with Gasteiger partial charge in [-0.05, 0) is 24.3 Å². The summed E-state index contributed by atoms with van der Waals surface area (Å²) in [7, 11) is 0. The van der Waals surface area contributed by atoms with Gasteiger partial charge in [0.25, 0.3) is 0 Å². The zero-order valence-electron chi connectivity index (χ0n) is 7.64. The van der Waals surface area contributed by atoms with Crippen LogP contribution in [-0.2, 0) is 0 Å². The van der Waals surface area contributed by atoms with E-state index in [0.29, 0.717) is 11.1 Å². The van der Waals surface area contributed by atoms with Gasteiger partial charge in [0.05, 0.1) is 17.1 Å². The highest BCUT2D eigenvalue weighted by molar-refractivity contribution is 5.90. The number of pyridine rings is 1. The van der Waals surface area contributed by atoms with Crippen LogP contribution in [-0.4, -0.2) is 16.1 Å². The summed E-state index contributed by atoms with van der Waals surface area (Å²) in [5.74, 6) is -1.05. The topological polar surface area (TPSA) is 74.0 Å². The maximum absolute atomic E-state index is 10.7. The van der Waals surface area contributed by atoms with Gasteiger partial charge >= 0.3 is 5.97 Å². The lowest BCUT2D eigenvalue weighted by Gasteiger charge is -1.98. The van der Waals surface area contributed by atoms with E-state index >= 15 is 0 Å². The average molecular weight is 198 g/mol. The van der Waals surface area contributed by atoms with Crippen LogP contribution in [0.1, 0.15) is 16.1 Å². The summed E-state index contributed by atoms with van der Waals surface area (Å²) in [6.07, 6.45) is 0. The molecule has 0 spiro atoms. The largest absolute Gasteiger partial charge is 0.477 e. The summed E-state index contributed by atoms with van der Waals surface area (Å²) in [4.78, 5) is 14.6. The molecule has 0 saturated carbocycles. The van der Waals surface area contributed by atoms with Crippen LogP contribution >= 0.6 is 0 Å². The van der Waals surface area contributed by atoms with Gasteiger partial charge in [-0.2, -0.15) is 5.26 Å². The predicted molar refractivity (Wildman–Crippen MR) is 53.4 cm³/mol. The van der Waals surface area contributed by atoms with Gasteiger partial charge in [0.2, 0.25) is 0 Å². The van der Waals surface area contributed by atoms with Gasteiger partial charge in [0.15, 0.2) is 0 Å². The average Bonchev–Trinajstić information content (AvgIpc) is 2.27. The van der Waals surface area contributed by atoms with Crippen molar-refractivity contribution in [1.29, 1.82) is 5.26 Å². The Kier molecular flexibility index (Phi) is 2.07. The maximum atomic E-state index is 10.7. The second-order valence-corrected chi connectivity index (χ2v) is 3.02. The lowest BCUT2D eigenvalue weighted by molar-refractivity contribution is 0.0691. The molecule has 1 N–H and O–H groups in total. The summed E-state index contributed by atoms with van der Waals surface area (Å²) < 4.78 is 0. The standard InChI is InChI=1S/C11H6N2O2/c12-6-7-1-3-9-8(5-7)2-4-10(13-9)11(14)15/h1-5H,(H,14,15). The minimum atomic E-state index is -1.05. The van der Waals surface area contributed by atoms with Gasteiger partial charge in [-0.15, -0.1) is 0 Å². The number of aromatic nitrogens is 1. The van der Waals surface area contributed by atoms with E-state index in [1.165, 1.54) is 6.07 Å². The first-order chi connectivity index (χ1) is 7.20. The summed E-state index contributed by atoms with van der Waals surface area (Å²) in [6, 6.07) is 10.0.